The van der Waals surface area contributed by atoms with E-state index in [4.69, 9.17) is 4.98 Å². The van der Waals surface area contributed by atoms with Gasteiger partial charge in [0.25, 0.3) is 0 Å². The van der Waals surface area contributed by atoms with Crippen molar-refractivity contribution in [3.05, 3.63) is 17.7 Å². The van der Waals surface area contributed by atoms with Gasteiger partial charge in [-0.25, -0.2) is 4.98 Å². The predicted molar refractivity (Wildman–Crippen MR) is 75.1 cm³/mol. The highest BCUT2D eigenvalue weighted by Crippen LogP contribution is 2.23. The number of aliphatic hydroxyl groups is 1. The number of likely N-dealkylation sites (N-methyl/N-ethyl adjacent to an activating group) is 1. The van der Waals surface area contributed by atoms with Crippen LogP contribution in [0.2, 0.25) is 0 Å². The molecule has 2 aliphatic heterocycles. The fourth-order valence-electron chi connectivity index (χ4n) is 3.59. The van der Waals surface area contributed by atoms with Gasteiger partial charge in [0.1, 0.15) is 5.82 Å². The van der Waals surface area contributed by atoms with E-state index in [1.165, 1.54) is 30.9 Å². The molecule has 106 valence electrons. The van der Waals surface area contributed by atoms with E-state index in [-0.39, 0.29) is 0 Å². The van der Waals surface area contributed by atoms with Crippen molar-refractivity contribution in [2.24, 2.45) is 5.92 Å². The van der Waals surface area contributed by atoms with Gasteiger partial charge < -0.3 is 14.6 Å². The van der Waals surface area contributed by atoms with Crippen LogP contribution in [0.5, 0.6) is 0 Å². The monoisotopic (exact) mass is 263 g/mol. The molecule has 2 aliphatic rings. The number of rotatable bonds is 4. The molecule has 0 bridgehead atoms. The van der Waals surface area contributed by atoms with Gasteiger partial charge in [-0.15, -0.1) is 0 Å². The van der Waals surface area contributed by atoms with E-state index in [9.17, 15) is 5.11 Å². The van der Waals surface area contributed by atoms with Crippen molar-refractivity contribution >= 4 is 0 Å². The molecule has 1 aromatic heterocycles. The Morgan fingerprint density at radius 2 is 2.26 bits per heavy atom. The van der Waals surface area contributed by atoms with Crippen molar-refractivity contribution < 1.29 is 5.11 Å². The van der Waals surface area contributed by atoms with E-state index in [1.807, 2.05) is 0 Å². The molecule has 0 amide bonds. The largest absolute Gasteiger partial charge is 0.396 e. The number of hydrogen-bond donors (Lipinski definition) is 1. The minimum Gasteiger partial charge on any atom is -0.396 e. The highest BCUT2D eigenvalue weighted by atomic mass is 16.3. The van der Waals surface area contributed by atoms with Gasteiger partial charge in [0.2, 0.25) is 0 Å². The third kappa shape index (κ3) is 2.70. The van der Waals surface area contributed by atoms with Crippen molar-refractivity contribution in [2.45, 2.75) is 51.6 Å². The Hall–Kier alpha value is -0.870. The lowest BCUT2D eigenvalue weighted by Gasteiger charge is -2.21. The number of fused-ring (bicyclic) bond motifs is 1. The quantitative estimate of drug-likeness (QED) is 0.894. The number of hydrogen-bond acceptors (Lipinski definition) is 3. The van der Waals surface area contributed by atoms with Gasteiger partial charge in [0.05, 0.1) is 5.69 Å². The lowest BCUT2D eigenvalue weighted by Crippen LogP contribution is -2.30. The number of aryl methyl sites for hydroxylation is 1. The normalized spacial score (nSPS) is 27.7. The van der Waals surface area contributed by atoms with Gasteiger partial charge in [-0.2, -0.15) is 0 Å². The molecule has 0 aromatic carbocycles. The summed E-state index contributed by atoms with van der Waals surface area (Å²) in [6.07, 6.45) is 8.02. The van der Waals surface area contributed by atoms with E-state index in [0.29, 0.717) is 18.6 Å². The van der Waals surface area contributed by atoms with E-state index < -0.39 is 0 Å². The Balaban J connectivity index is 1.68. The van der Waals surface area contributed by atoms with Gasteiger partial charge >= 0.3 is 0 Å². The summed E-state index contributed by atoms with van der Waals surface area (Å²) in [5.74, 6) is 1.60. The SMILES string of the molecule is CCN1CCCC1Cc1cn2c(n1)CC(CO)CC2. The number of likely N-dealkylation sites (tertiary alicyclic amines) is 1. The van der Waals surface area contributed by atoms with Crippen LogP contribution in [-0.2, 0) is 19.4 Å². The summed E-state index contributed by atoms with van der Waals surface area (Å²) in [6.45, 7) is 5.98. The Kier molecular flexibility index (Phi) is 3.89. The van der Waals surface area contributed by atoms with Crippen LogP contribution >= 0.6 is 0 Å². The van der Waals surface area contributed by atoms with E-state index in [1.54, 1.807) is 0 Å². The maximum absolute atomic E-state index is 9.28. The first-order valence-electron chi connectivity index (χ1n) is 7.70. The van der Waals surface area contributed by atoms with Gasteiger partial charge in [-0.1, -0.05) is 6.92 Å². The summed E-state index contributed by atoms with van der Waals surface area (Å²) < 4.78 is 2.30. The number of aromatic nitrogens is 2. The first kappa shape index (κ1) is 13.1. The van der Waals surface area contributed by atoms with Crippen molar-refractivity contribution in [2.75, 3.05) is 19.7 Å². The Morgan fingerprint density at radius 3 is 3.05 bits per heavy atom. The lowest BCUT2D eigenvalue weighted by molar-refractivity contribution is 0.199. The molecule has 2 unspecified atom stereocenters. The fourth-order valence-corrected chi connectivity index (χ4v) is 3.59. The van der Waals surface area contributed by atoms with E-state index in [2.05, 4.69) is 22.6 Å². The maximum atomic E-state index is 9.28. The predicted octanol–water partition coefficient (Wildman–Crippen LogP) is 1.46. The summed E-state index contributed by atoms with van der Waals surface area (Å²) >= 11 is 0. The molecule has 1 saturated heterocycles. The molecular weight excluding hydrogens is 238 g/mol. The van der Waals surface area contributed by atoms with Crippen LogP contribution in [0.4, 0.5) is 0 Å². The topological polar surface area (TPSA) is 41.3 Å². The number of aliphatic hydroxyl groups excluding tert-OH is 1. The standard InChI is InChI=1S/C15H25N3O/c1-2-17-6-3-4-14(17)9-13-10-18-7-5-12(11-19)8-15(18)16-13/h10,12,14,19H,2-9,11H2,1H3. The molecule has 3 rings (SSSR count). The van der Waals surface area contributed by atoms with E-state index >= 15 is 0 Å². The lowest BCUT2D eigenvalue weighted by atomic mass is 9.99. The van der Waals surface area contributed by atoms with Gasteiger partial charge in [0.15, 0.2) is 0 Å². The van der Waals surface area contributed by atoms with E-state index in [0.717, 1.165) is 32.4 Å². The summed E-state index contributed by atoms with van der Waals surface area (Å²) in [4.78, 5) is 7.38. The molecule has 1 N–H and O–H groups in total. The molecule has 0 aliphatic carbocycles. The number of nitrogens with zero attached hydrogens (tertiary/aromatic N) is 3. The van der Waals surface area contributed by atoms with Gasteiger partial charge in [0, 0.05) is 38.2 Å². The maximum Gasteiger partial charge on any atom is 0.109 e. The van der Waals surface area contributed by atoms with Crippen molar-refractivity contribution in [3.8, 4) is 0 Å². The molecule has 4 nitrogen and oxygen atoms in total. The van der Waals surface area contributed by atoms with Crippen molar-refractivity contribution in [3.63, 3.8) is 0 Å². The average Bonchev–Trinajstić information content (AvgIpc) is 3.03. The third-order valence-corrected chi connectivity index (χ3v) is 4.77. The molecule has 19 heavy (non-hydrogen) atoms. The van der Waals surface area contributed by atoms with Crippen LogP contribution in [0.3, 0.4) is 0 Å². The minimum atomic E-state index is 0.300. The molecule has 2 atom stereocenters. The van der Waals surface area contributed by atoms with Crippen LogP contribution in [0.1, 0.15) is 37.7 Å². The molecular formula is C15H25N3O. The van der Waals surface area contributed by atoms with Crippen LogP contribution in [0.15, 0.2) is 6.20 Å². The zero-order valence-electron chi connectivity index (χ0n) is 11.9. The highest BCUT2D eigenvalue weighted by Gasteiger charge is 2.25. The highest BCUT2D eigenvalue weighted by molar-refractivity contribution is 5.09. The summed E-state index contributed by atoms with van der Waals surface area (Å²) in [7, 11) is 0. The Morgan fingerprint density at radius 1 is 1.37 bits per heavy atom. The van der Waals surface area contributed by atoms with Crippen molar-refractivity contribution in [1.29, 1.82) is 0 Å². The molecule has 1 aromatic rings. The second kappa shape index (κ2) is 5.63. The van der Waals surface area contributed by atoms with Crippen molar-refractivity contribution in [1.82, 2.24) is 14.5 Å². The second-order valence-electron chi connectivity index (χ2n) is 6.01. The molecule has 0 spiro atoms. The zero-order valence-corrected chi connectivity index (χ0v) is 11.9. The molecule has 3 heterocycles. The minimum absolute atomic E-state index is 0.300. The van der Waals surface area contributed by atoms with Crippen LogP contribution in [0, 0.1) is 5.92 Å². The van der Waals surface area contributed by atoms with Crippen LogP contribution < -0.4 is 0 Å². The molecule has 4 heteroatoms. The first-order chi connectivity index (χ1) is 9.30. The Labute approximate surface area is 115 Å². The molecule has 0 radical (unpaired) electrons. The summed E-state index contributed by atoms with van der Waals surface area (Å²) in [6, 6.07) is 0.690. The molecule has 1 fully saturated rings. The second-order valence-corrected chi connectivity index (χ2v) is 6.01. The fraction of sp³-hybridized carbons (Fsp3) is 0.800. The smallest absolute Gasteiger partial charge is 0.109 e. The number of imidazole rings is 1. The van der Waals surface area contributed by atoms with Gasteiger partial charge in [-0.3, -0.25) is 0 Å². The van der Waals surface area contributed by atoms with Gasteiger partial charge in [-0.05, 0) is 38.3 Å². The van der Waals surface area contributed by atoms with Crippen LogP contribution in [0.25, 0.3) is 0 Å². The molecule has 0 saturated carbocycles. The zero-order chi connectivity index (χ0) is 13.2. The summed E-state index contributed by atoms with van der Waals surface area (Å²) in [5, 5.41) is 9.28. The van der Waals surface area contributed by atoms with Crippen LogP contribution in [-0.4, -0.2) is 45.3 Å². The average molecular weight is 263 g/mol. The summed E-state index contributed by atoms with van der Waals surface area (Å²) in [5.41, 5.74) is 1.25. The Bertz CT molecular complexity index is 429. The third-order valence-electron chi connectivity index (χ3n) is 4.77. The first-order valence-corrected chi connectivity index (χ1v) is 7.70.